The summed E-state index contributed by atoms with van der Waals surface area (Å²) in [6.07, 6.45) is 2.64. The van der Waals surface area contributed by atoms with E-state index in [4.69, 9.17) is 0 Å². The SMILES string of the molecule is C[C@@H](NC[C@@H]1CCCN1)c1ccccc1. The van der Waals surface area contributed by atoms with Crippen LogP contribution in [0.15, 0.2) is 30.3 Å². The van der Waals surface area contributed by atoms with Crippen LogP contribution in [0.1, 0.15) is 31.4 Å². The summed E-state index contributed by atoms with van der Waals surface area (Å²) >= 11 is 0. The van der Waals surface area contributed by atoms with Crippen molar-refractivity contribution in [1.82, 2.24) is 10.6 Å². The second-order valence-electron chi connectivity index (χ2n) is 4.33. The number of rotatable bonds is 4. The summed E-state index contributed by atoms with van der Waals surface area (Å²) in [5, 5.41) is 7.08. The molecule has 82 valence electrons. The van der Waals surface area contributed by atoms with Gasteiger partial charge in [0.05, 0.1) is 0 Å². The van der Waals surface area contributed by atoms with E-state index >= 15 is 0 Å². The molecule has 1 aliphatic heterocycles. The van der Waals surface area contributed by atoms with Crippen molar-refractivity contribution in [3.05, 3.63) is 35.9 Å². The molecular weight excluding hydrogens is 184 g/mol. The third-order valence-corrected chi connectivity index (χ3v) is 3.13. The zero-order valence-corrected chi connectivity index (χ0v) is 9.37. The van der Waals surface area contributed by atoms with Crippen LogP contribution >= 0.6 is 0 Å². The Kier molecular flexibility index (Phi) is 3.75. The Hall–Kier alpha value is -0.860. The van der Waals surface area contributed by atoms with E-state index in [1.807, 2.05) is 0 Å². The van der Waals surface area contributed by atoms with Crippen LogP contribution in [0.25, 0.3) is 0 Å². The maximum atomic E-state index is 3.58. The van der Waals surface area contributed by atoms with Crippen LogP contribution in [0, 0.1) is 0 Å². The molecule has 1 saturated heterocycles. The molecule has 1 aromatic rings. The first-order valence-electron chi connectivity index (χ1n) is 5.88. The molecule has 0 bridgehead atoms. The monoisotopic (exact) mass is 204 g/mol. The Balaban J connectivity index is 1.79. The van der Waals surface area contributed by atoms with Crippen LogP contribution in [0.2, 0.25) is 0 Å². The summed E-state index contributed by atoms with van der Waals surface area (Å²) in [6.45, 7) is 4.49. The number of hydrogen-bond acceptors (Lipinski definition) is 2. The highest BCUT2D eigenvalue weighted by Gasteiger charge is 2.14. The fraction of sp³-hybridized carbons (Fsp3) is 0.538. The molecule has 1 heterocycles. The molecule has 0 spiro atoms. The van der Waals surface area contributed by atoms with Gasteiger partial charge >= 0.3 is 0 Å². The van der Waals surface area contributed by atoms with Crippen LogP contribution in [0.3, 0.4) is 0 Å². The van der Waals surface area contributed by atoms with Gasteiger partial charge in [-0.2, -0.15) is 0 Å². The highest BCUT2D eigenvalue weighted by atomic mass is 15.0. The summed E-state index contributed by atoms with van der Waals surface area (Å²) in [5.41, 5.74) is 1.37. The van der Waals surface area contributed by atoms with Gasteiger partial charge in [-0.1, -0.05) is 30.3 Å². The van der Waals surface area contributed by atoms with Gasteiger partial charge in [-0.05, 0) is 31.9 Å². The summed E-state index contributed by atoms with van der Waals surface area (Å²) in [5.74, 6) is 0. The van der Waals surface area contributed by atoms with E-state index in [1.165, 1.54) is 24.9 Å². The van der Waals surface area contributed by atoms with Gasteiger partial charge in [0, 0.05) is 18.6 Å². The zero-order valence-electron chi connectivity index (χ0n) is 9.37. The van der Waals surface area contributed by atoms with Crippen molar-refractivity contribution in [3.63, 3.8) is 0 Å². The molecule has 0 radical (unpaired) electrons. The molecule has 0 amide bonds. The lowest BCUT2D eigenvalue weighted by Gasteiger charge is -2.17. The van der Waals surface area contributed by atoms with Crippen molar-refractivity contribution in [1.29, 1.82) is 0 Å². The molecule has 2 N–H and O–H groups in total. The van der Waals surface area contributed by atoms with E-state index in [2.05, 4.69) is 47.9 Å². The molecule has 1 fully saturated rings. The van der Waals surface area contributed by atoms with Gasteiger partial charge in [-0.15, -0.1) is 0 Å². The van der Waals surface area contributed by atoms with Crippen molar-refractivity contribution < 1.29 is 0 Å². The van der Waals surface area contributed by atoms with Crippen LogP contribution in [0.4, 0.5) is 0 Å². The van der Waals surface area contributed by atoms with E-state index in [-0.39, 0.29) is 0 Å². The first kappa shape index (κ1) is 10.7. The fourth-order valence-electron chi connectivity index (χ4n) is 2.11. The third-order valence-electron chi connectivity index (χ3n) is 3.13. The molecule has 0 aliphatic carbocycles. The normalized spacial score (nSPS) is 22.9. The zero-order chi connectivity index (χ0) is 10.5. The van der Waals surface area contributed by atoms with E-state index in [1.54, 1.807) is 0 Å². The lowest BCUT2D eigenvalue weighted by molar-refractivity contribution is 0.490. The average molecular weight is 204 g/mol. The van der Waals surface area contributed by atoms with Crippen LogP contribution in [-0.4, -0.2) is 19.1 Å². The molecule has 15 heavy (non-hydrogen) atoms. The summed E-state index contributed by atoms with van der Waals surface area (Å²) in [7, 11) is 0. The van der Waals surface area contributed by atoms with E-state index in [9.17, 15) is 0 Å². The van der Waals surface area contributed by atoms with Gasteiger partial charge in [0.25, 0.3) is 0 Å². The van der Waals surface area contributed by atoms with Crippen LogP contribution < -0.4 is 10.6 Å². The summed E-state index contributed by atoms with van der Waals surface area (Å²) in [6, 6.07) is 11.8. The maximum absolute atomic E-state index is 3.58. The van der Waals surface area contributed by atoms with Crippen molar-refractivity contribution in [2.45, 2.75) is 31.8 Å². The Bertz CT molecular complexity index is 278. The van der Waals surface area contributed by atoms with E-state index < -0.39 is 0 Å². The Labute approximate surface area is 92.1 Å². The molecule has 2 heteroatoms. The summed E-state index contributed by atoms with van der Waals surface area (Å²) in [4.78, 5) is 0. The topological polar surface area (TPSA) is 24.1 Å². The van der Waals surface area contributed by atoms with Crippen molar-refractivity contribution in [3.8, 4) is 0 Å². The molecule has 0 unspecified atom stereocenters. The quantitative estimate of drug-likeness (QED) is 0.784. The minimum Gasteiger partial charge on any atom is -0.313 e. The van der Waals surface area contributed by atoms with Crippen molar-refractivity contribution in [2.24, 2.45) is 0 Å². The number of nitrogens with one attached hydrogen (secondary N) is 2. The molecule has 1 aromatic carbocycles. The lowest BCUT2D eigenvalue weighted by Crippen LogP contribution is -2.35. The largest absolute Gasteiger partial charge is 0.313 e. The van der Waals surface area contributed by atoms with Gasteiger partial charge in [0.15, 0.2) is 0 Å². The third kappa shape index (κ3) is 3.05. The van der Waals surface area contributed by atoms with Crippen LogP contribution in [-0.2, 0) is 0 Å². The fourth-order valence-corrected chi connectivity index (χ4v) is 2.11. The maximum Gasteiger partial charge on any atom is 0.0292 e. The molecule has 1 aliphatic rings. The Morgan fingerprint density at radius 1 is 1.40 bits per heavy atom. The first-order chi connectivity index (χ1) is 7.36. The average Bonchev–Trinajstić information content (AvgIpc) is 2.80. The van der Waals surface area contributed by atoms with Crippen LogP contribution in [0.5, 0.6) is 0 Å². The van der Waals surface area contributed by atoms with Gasteiger partial charge < -0.3 is 10.6 Å². The smallest absolute Gasteiger partial charge is 0.0292 e. The van der Waals surface area contributed by atoms with Crippen molar-refractivity contribution in [2.75, 3.05) is 13.1 Å². The van der Waals surface area contributed by atoms with Gasteiger partial charge in [-0.3, -0.25) is 0 Å². The number of benzene rings is 1. The highest BCUT2D eigenvalue weighted by molar-refractivity contribution is 5.18. The minimum atomic E-state index is 0.452. The Morgan fingerprint density at radius 2 is 2.20 bits per heavy atom. The molecule has 2 rings (SSSR count). The predicted octanol–water partition coefficient (Wildman–Crippen LogP) is 2.09. The molecule has 2 nitrogen and oxygen atoms in total. The van der Waals surface area contributed by atoms with Gasteiger partial charge in [0.2, 0.25) is 0 Å². The Morgan fingerprint density at radius 3 is 2.87 bits per heavy atom. The van der Waals surface area contributed by atoms with Gasteiger partial charge in [-0.25, -0.2) is 0 Å². The molecular formula is C13H20N2. The summed E-state index contributed by atoms with van der Waals surface area (Å²) < 4.78 is 0. The number of hydrogen-bond donors (Lipinski definition) is 2. The van der Waals surface area contributed by atoms with Gasteiger partial charge in [0.1, 0.15) is 0 Å². The molecule has 0 aromatic heterocycles. The first-order valence-corrected chi connectivity index (χ1v) is 5.88. The van der Waals surface area contributed by atoms with E-state index in [0.29, 0.717) is 12.1 Å². The molecule has 0 saturated carbocycles. The predicted molar refractivity (Wildman–Crippen MR) is 63.9 cm³/mol. The van der Waals surface area contributed by atoms with Crippen molar-refractivity contribution >= 4 is 0 Å². The second kappa shape index (κ2) is 5.29. The minimum absolute atomic E-state index is 0.452. The standard InChI is InChI=1S/C13H20N2/c1-11(12-6-3-2-4-7-12)15-10-13-8-5-9-14-13/h2-4,6-7,11,13-15H,5,8-10H2,1H3/t11-,13+/m1/s1. The highest BCUT2D eigenvalue weighted by Crippen LogP contribution is 2.12. The van der Waals surface area contributed by atoms with E-state index in [0.717, 1.165) is 6.54 Å². The second-order valence-corrected chi connectivity index (χ2v) is 4.33. The molecule has 2 atom stereocenters. The lowest BCUT2D eigenvalue weighted by atomic mass is 10.1.